The van der Waals surface area contributed by atoms with Gasteiger partial charge in [0.2, 0.25) is 0 Å². The van der Waals surface area contributed by atoms with Crippen molar-refractivity contribution in [3.63, 3.8) is 0 Å². The Bertz CT molecular complexity index is 444. The van der Waals surface area contributed by atoms with Crippen molar-refractivity contribution < 1.29 is 13.2 Å². The molecule has 3 unspecified atom stereocenters. The standard InChI is InChI=1S/C14H23F3N4/c1-3-21-13(19-9-20-21)8-12(18-2)10-6-4-5-7-11(10)14(15,16)17/h9-12,18H,3-8H2,1-2H3. The molecule has 7 heteroatoms. The number of aryl methyl sites for hydroxylation is 1. The maximum absolute atomic E-state index is 13.3. The van der Waals surface area contributed by atoms with Crippen LogP contribution in [-0.2, 0) is 13.0 Å². The van der Waals surface area contributed by atoms with Gasteiger partial charge in [0.25, 0.3) is 0 Å². The Balaban J connectivity index is 2.15. The van der Waals surface area contributed by atoms with E-state index in [1.165, 1.54) is 6.33 Å². The van der Waals surface area contributed by atoms with Gasteiger partial charge < -0.3 is 5.32 Å². The first kappa shape index (κ1) is 16.3. The lowest BCUT2D eigenvalue weighted by Gasteiger charge is -2.38. The molecule has 0 amide bonds. The molecule has 1 aromatic rings. The van der Waals surface area contributed by atoms with Gasteiger partial charge in [-0.1, -0.05) is 12.8 Å². The normalized spacial score (nSPS) is 25.0. The fourth-order valence-corrected chi connectivity index (χ4v) is 3.42. The van der Waals surface area contributed by atoms with Crippen LogP contribution in [0, 0.1) is 11.8 Å². The van der Waals surface area contributed by atoms with Gasteiger partial charge in [0, 0.05) is 19.0 Å². The first-order valence-electron chi connectivity index (χ1n) is 7.58. The van der Waals surface area contributed by atoms with E-state index in [9.17, 15) is 13.2 Å². The predicted octanol–water partition coefficient (Wildman–Crippen LogP) is 2.80. The zero-order valence-corrected chi connectivity index (χ0v) is 12.5. The average molecular weight is 304 g/mol. The van der Waals surface area contributed by atoms with Crippen molar-refractivity contribution in [3.8, 4) is 0 Å². The van der Waals surface area contributed by atoms with Gasteiger partial charge in [-0.25, -0.2) is 4.98 Å². The summed E-state index contributed by atoms with van der Waals surface area (Å²) in [5.41, 5.74) is 0. The number of alkyl halides is 3. The molecule has 1 aliphatic carbocycles. The van der Waals surface area contributed by atoms with Gasteiger partial charge in [-0.3, -0.25) is 4.68 Å². The molecule has 4 nitrogen and oxygen atoms in total. The van der Waals surface area contributed by atoms with Gasteiger partial charge in [-0.2, -0.15) is 18.3 Å². The van der Waals surface area contributed by atoms with Crippen molar-refractivity contribution in [1.29, 1.82) is 0 Å². The van der Waals surface area contributed by atoms with Gasteiger partial charge in [-0.05, 0) is 32.7 Å². The lowest BCUT2D eigenvalue weighted by molar-refractivity contribution is -0.199. The number of rotatable bonds is 5. The van der Waals surface area contributed by atoms with Crippen LogP contribution in [0.25, 0.3) is 0 Å². The van der Waals surface area contributed by atoms with Crippen LogP contribution >= 0.6 is 0 Å². The molecule has 21 heavy (non-hydrogen) atoms. The van der Waals surface area contributed by atoms with E-state index in [0.717, 1.165) is 12.2 Å². The number of hydrogen-bond donors (Lipinski definition) is 1. The minimum absolute atomic E-state index is 0.216. The Morgan fingerprint density at radius 2 is 2.10 bits per heavy atom. The zero-order valence-electron chi connectivity index (χ0n) is 12.5. The Kier molecular flexibility index (Phi) is 5.24. The fraction of sp³-hybridized carbons (Fsp3) is 0.857. The summed E-state index contributed by atoms with van der Waals surface area (Å²) in [4.78, 5) is 4.19. The number of likely N-dealkylation sites (N-methyl/N-ethyl adjacent to an activating group) is 1. The molecule has 0 saturated heterocycles. The van der Waals surface area contributed by atoms with Gasteiger partial charge in [0.05, 0.1) is 5.92 Å². The molecule has 1 heterocycles. The maximum Gasteiger partial charge on any atom is 0.392 e. The highest BCUT2D eigenvalue weighted by molar-refractivity contribution is 4.95. The highest BCUT2D eigenvalue weighted by atomic mass is 19.4. The van der Waals surface area contributed by atoms with E-state index in [1.54, 1.807) is 11.7 Å². The number of nitrogens with zero attached hydrogens (tertiary/aromatic N) is 3. The first-order chi connectivity index (χ1) is 9.97. The van der Waals surface area contributed by atoms with E-state index in [1.807, 2.05) is 6.92 Å². The SMILES string of the molecule is CCn1ncnc1CC(NC)C1CCCCC1C(F)(F)F. The molecule has 120 valence electrons. The molecule has 1 N–H and O–H groups in total. The molecule has 0 radical (unpaired) electrons. The molecule has 0 aromatic carbocycles. The van der Waals surface area contributed by atoms with Crippen LogP contribution in [0.2, 0.25) is 0 Å². The average Bonchev–Trinajstić information content (AvgIpc) is 2.91. The van der Waals surface area contributed by atoms with Crippen LogP contribution in [0.4, 0.5) is 13.2 Å². The van der Waals surface area contributed by atoms with E-state index in [2.05, 4.69) is 15.4 Å². The molecule has 1 aliphatic rings. The van der Waals surface area contributed by atoms with Gasteiger partial charge >= 0.3 is 6.18 Å². The topological polar surface area (TPSA) is 42.7 Å². The van der Waals surface area contributed by atoms with E-state index in [0.29, 0.717) is 25.8 Å². The largest absolute Gasteiger partial charge is 0.392 e. The van der Waals surface area contributed by atoms with E-state index in [4.69, 9.17) is 0 Å². The van der Waals surface area contributed by atoms with Crippen LogP contribution in [0.15, 0.2) is 6.33 Å². The molecule has 2 rings (SSSR count). The number of hydrogen-bond acceptors (Lipinski definition) is 3. The summed E-state index contributed by atoms with van der Waals surface area (Å²) in [6.45, 7) is 2.63. The lowest BCUT2D eigenvalue weighted by Crippen LogP contribution is -2.46. The Morgan fingerprint density at radius 1 is 1.38 bits per heavy atom. The summed E-state index contributed by atoms with van der Waals surface area (Å²) in [5, 5.41) is 7.17. The molecule has 1 aromatic heterocycles. The smallest absolute Gasteiger partial charge is 0.316 e. The summed E-state index contributed by atoms with van der Waals surface area (Å²) >= 11 is 0. The summed E-state index contributed by atoms with van der Waals surface area (Å²) in [5.74, 6) is -0.837. The minimum atomic E-state index is -4.11. The maximum atomic E-state index is 13.3. The number of nitrogens with one attached hydrogen (secondary N) is 1. The molecule has 1 saturated carbocycles. The van der Waals surface area contributed by atoms with Gasteiger partial charge in [-0.15, -0.1) is 0 Å². The molecule has 0 aliphatic heterocycles. The monoisotopic (exact) mass is 304 g/mol. The Hall–Kier alpha value is -1.11. The second kappa shape index (κ2) is 6.77. The van der Waals surface area contributed by atoms with Crippen LogP contribution in [-0.4, -0.2) is 34.0 Å². The Labute approximate surface area is 123 Å². The summed E-state index contributed by atoms with van der Waals surface area (Å²) in [7, 11) is 1.74. The quantitative estimate of drug-likeness (QED) is 0.909. The molecule has 3 atom stereocenters. The second-order valence-corrected chi connectivity index (χ2v) is 5.69. The van der Waals surface area contributed by atoms with Crippen molar-refractivity contribution in [1.82, 2.24) is 20.1 Å². The zero-order chi connectivity index (χ0) is 15.5. The summed E-state index contributed by atoms with van der Waals surface area (Å²) in [6, 6.07) is -0.216. The molecule has 0 bridgehead atoms. The third-order valence-electron chi connectivity index (χ3n) is 4.53. The van der Waals surface area contributed by atoms with Crippen molar-refractivity contribution in [3.05, 3.63) is 12.2 Å². The third kappa shape index (κ3) is 3.75. The van der Waals surface area contributed by atoms with Crippen LogP contribution in [0.3, 0.4) is 0 Å². The van der Waals surface area contributed by atoms with Gasteiger partial charge in [0.1, 0.15) is 12.2 Å². The lowest BCUT2D eigenvalue weighted by atomic mass is 9.74. The third-order valence-corrected chi connectivity index (χ3v) is 4.53. The summed E-state index contributed by atoms with van der Waals surface area (Å²) in [6.07, 6.45) is 0.245. The van der Waals surface area contributed by atoms with Gasteiger partial charge in [0.15, 0.2) is 0 Å². The Morgan fingerprint density at radius 3 is 2.71 bits per heavy atom. The van der Waals surface area contributed by atoms with Crippen molar-refractivity contribution in [2.45, 2.75) is 57.8 Å². The van der Waals surface area contributed by atoms with Crippen LogP contribution < -0.4 is 5.32 Å². The second-order valence-electron chi connectivity index (χ2n) is 5.69. The summed E-state index contributed by atoms with van der Waals surface area (Å²) < 4.78 is 41.5. The first-order valence-corrected chi connectivity index (χ1v) is 7.58. The van der Waals surface area contributed by atoms with E-state index in [-0.39, 0.29) is 18.4 Å². The predicted molar refractivity (Wildman–Crippen MR) is 73.8 cm³/mol. The molecular weight excluding hydrogens is 281 g/mol. The van der Waals surface area contributed by atoms with Crippen molar-refractivity contribution >= 4 is 0 Å². The number of aromatic nitrogens is 3. The van der Waals surface area contributed by atoms with E-state index >= 15 is 0 Å². The van der Waals surface area contributed by atoms with Crippen molar-refractivity contribution in [2.75, 3.05) is 7.05 Å². The molecule has 1 fully saturated rings. The van der Waals surface area contributed by atoms with Crippen molar-refractivity contribution in [2.24, 2.45) is 11.8 Å². The highest BCUT2D eigenvalue weighted by Crippen LogP contribution is 2.43. The fourth-order valence-electron chi connectivity index (χ4n) is 3.42. The van der Waals surface area contributed by atoms with Crippen LogP contribution in [0.1, 0.15) is 38.4 Å². The molecular formula is C14H23F3N4. The number of halogens is 3. The van der Waals surface area contributed by atoms with Crippen LogP contribution in [0.5, 0.6) is 0 Å². The minimum Gasteiger partial charge on any atom is -0.316 e. The molecule has 0 spiro atoms. The van der Waals surface area contributed by atoms with E-state index < -0.39 is 12.1 Å². The highest BCUT2D eigenvalue weighted by Gasteiger charge is 2.47.